The lowest BCUT2D eigenvalue weighted by molar-refractivity contribution is -0.124. The molecule has 1 N–H and O–H groups in total. The van der Waals surface area contributed by atoms with Crippen molar-refractivity contribution >= 4 is 11.4 Å². The zero-order valence-corrected chi connectivity index (χ0v) is 11.1. The van der Waals surface area contributed by atoms with Crippen LogP contribution >= 0.6 is 0 Å². The van der Waals surface area contributed by atoms with E-state index < -0.39 is 0 Å². The second-order valence-corrected chi connectivity index (χ2v) is 4.60. The first kappa shape index (κ1) is 12.4. The van der Waals surface area contributed by atoms with Crippen molar-refractivity contribution < 1.29 is 4.79 Å². The Morgan fingerprint density at radius 1 is 1.35 bits per heavy atom. The van der Waals surface area contributed by atoms with Crippen molar-refractivity contribution in [3.63, 3.8) is 0 Å². The van der Waals surface area contributed by atoms with Crippen LogP contribution in [0.4, 0.5) is 0 Å². The molecule has 0 bridgehead atoms. The number of fused-ring (bicyclic) bond motifs is 1. The van der Waals surface area contributed by atoms with Crippen molar-refractivity contribution in [2.75, 3.05) is 0 Å². The number of carbonyl (C=O) groups excluding carboxylic acids is 1. The predicted octanol–water partition coefficient (Wildman–Crippen LogP) is 1.41. The van der Waals surface area contributed by atoms with Gasteiger partial charge in [-0.15, -0.1) is 0 Å². The number of nitrogens with one attached hydrogen (secondary N) is 1. The van der Waals surface area contributed by atoms with E-state index in [2.05, 4.69) is 15.4 Å². The maximum Gasteiger partial charge on any atom is 0.243 e. The van der Waals surface area contributed by atoms with Crippen LogP contribution in [0.3, 0.4) is 0 Å². The van der Waals surface area contributed by atoms with Gasteiger partial charge >= 0.3 is 0 Å². The Kier molecular flexibility index (Phi) is 3.20. The van der Waals surface area contributed by atoms with Gasteiger partial charge in [0.25, 0.3) is 0 Å². The van der Waals surface area contributed by atoms with Crippen LogP contribution in [0, 0.1) is 0 Å². The quantitative estimate of drug-likeness (QED) is 0.779. The van der Waals surface area contributed by atoms with Crippen molar-refractivity contribution in [2.24, 2.45) is 0 Å². The zero-order valence-electron chi connectivity index (χ0n) is 11.1. The van der Waals surface area contributed by atoms with Gasteiger partial charge in [-0.1, -0.05) is 6.07 Å². The van der Waals surface area contributed by atoms with E-state index in [9.17, 15) is 4.79 Å². The van der Waals surface area contributed by atoms with Gasteiger partial charge in [0.2, 0.25) is 5.91 Å². The topological polar surface area (TPSA) is 64.2 Å². The van der Waals surface area contributed by atoms with Crippen LogP contribution < -0.4 is 5.32 Å². The molecule has 3 heterocycles. The van der Waals surface area contributed by atoms with Gasteiger partial charge in [0.1, 0.15) is 6.04 Å². The fourth-order valence-corrected chi connectivity index (χ4v) is 2.13. The number of carbonyl (C=O) groups is 1. The molecule has 20 heavy (non-hydrogen) atoms. The minimum absolute atomic E-state index is 0.0375. The molecule has 3 aromatic heterocycles. The average Bonchev–Trinajstić information content (AvgIpc) is 3.14. The van der Waals surface area contributed by atoms with Gasteiger partial charge in [-0.05, 0) is 24.6 Å². The van der Waals surface area contributed by atoms with E-state index in [1.165, 1.54) is 0 Å². The van der Waals surface area contributed by atoms with Crippen LogP contribution in [0.1, 0.15) is 18.5 Å². The van der Waals surface area contributed by atoms with E-state index in [1.807, 2.05) is 31.3 Å². The summed E-state index contributed by atoms with van der Waals surface area (Å²) in [6.45, 7) is 2.32. The third-order valence-corrected chi connectivity index (χ3v) is 3.33. The molecule has 0 aliphatic rings. The maximum absolute atomic E-state index is 12.1. The van der Waals surface area contributed by atoms with Crippen LogP contribution in [0.2, 0.25) is 0 Å². The number of amides is 1. The molecular weight excluding hydrogens is 254 g/mol. The van der Waals surface area contributed by atoms with Gasteiger partial charge < -0.3 is 9.88 Å². The fraction of sp³-hybridized carbons (Fsp3) is 0.214. The molecule has 0 radical (unpaired) electrons. The van der Waals surface area contributed by atoms with Gasteiger partial charge in [-0.25, -0.2) is 9.50 Å². The van der Waals surface area contributed by atoms with Crippen molar-refractivity contribution in [3.8, 4) is 0 Å². The third-order valence-electron chi connectivity index (χ3n) is 3.33. The Bertz CT molecular complexity index is 716. The SMILES string of the molecule is CC(C(=O)NCc1cccn2nccc12)n1ccnc1. The Morgan fingerprint density at radius 2 is 2.25 bits per heavy atom. The zero-order chi connectivity index (χ0) is 13.9. The van der Waals surface area contributed by atoms with Crippen LogP contribution in [0.15, 0.2) is 49.3 Å². The van der Waals surface area contributed by atoms with Crippen molar-refractivity contribution in [3.05, 3.63) is 54.9 Å². The van der Waals surface area contributed by atoms with Crippen LogP contribution in [-0.2, 0) is 11.3 Å². The van der Waals surface area contributed by atoms with Gasteiger partial charge in [0.05, 0.1) is 11.8 Å². The Labute approximate surface area is 116 Å². The Morgan fingerprint density at radius 3 is 3.05 bits per heavy atom. The second-order valence-electron chi connectivity index (χ2n) is 4.60. The first-order chi connectivity index (χ1) is 9.75. The highest BCUT2D eigenvalue weighted by Crippen LogP contribution is 2.10. The summed E-state index contributed by atoms with van der Waals surface area (Å²) in [5.41, 5.74) is 2.04. The molecule has 0 aliphatic carbocycles. The molecule has 0 aromatic carbocycles. The molecule has 1 atom stereocenters. The first-order valence-corrected chi connectivity index (χ1v) is 6.42. The molecular formula is C14H15N5O. The fourth-order valence-electron chi connectivity index (χ4n) is 2.13. The molecule has 0 saturated heterocycles. The molecule has 1 unspecified atom stereocenters. The monoisotopic (exact) mass is 269 g/mol. The molecule has 0 saturated carbocycles. The van der Waals surface area contributed by atoms with Gasteiger partial charge in [-0.2, -0.15) is 5.10 Å². The second kappa shape index (κ2) is 5.16. The summed E-state index contributed by atoms with van der Waals surface area (Å²) in [5.74, 6) is -0.0375. The number of pyridine rings is 1. The van der Waals surface area contributed by atoms with Gasteiger partial charge in [0, 0.05) is 31.3 Å². The lowest BCUT2D eigenvalue weighted by atomic mass is 10.2. The Balaban J connectivity index is 1.70. The van der Waals surface area contributed by atoms with E-state index in [4.69, 9.17) is 0 Å². The van der Waals surface area contributed by atoms with Gasteiger partial charge in [0.15, 0.2) is 0 Å². The molecule has 6 heteroatoms. The van der Waals surface area contributed by atoms with Crippen LogP contribution in [0.25, 0.3) is 5.52 Å². The highest BCUT2D eigenvalue weighted by Gasteiger charge is 2.14. The Hall–Kier alpha value is -2.63. The van der Waals surface area contributed by atoms with Crippen molar-refractivity contribution in [1.82, 2.24) is 24.5 Å². The number of hydrogen-bond donors (Lipinski definition) is 1. The molecule has 3 aromatic rings. The summed E-state index contributed by atoms with van der Waals surface area (Å²) in [6.07, 6.45) is 8.71. The molecule has 0 aliphatic heterocycles. The lowest BCUT2D eigenvalue weighted by Crippen LogP contribution is -2.30. The number of rotatable bonds is 4. The van der Waals surface area contributed by atoms with Crippen LogP contribution in [0.5, 0.6) is 0 Å². The predicted molar refractivity (Wildman–Crippen MR) is 74.0 cm³/mol. The minimum Gasteiger partial charge on any atom is -0.350 e. The molecule has 102 valence electrons. The number of hydrogen-bond acceptors (Lipinski definition) is 3. The van der Waals surface area contributed by atoms with E-state index in [0.717, 1.165) is 11.1 Å². The molecule has 0 fully saturated rings. The summed E-state index contributed by atoms with van der Waals surface area (Å²) in [5, 5.41) is 7.11. The third kappa shape index (κ3) is 2.27. The van der Waals surface area contributed by atoms with E-state index in [0.29, 0.717) is 6.54 Å². The number of nitrogens with zero attached hydrogens (tertiary/aromatic N) is 4. The lowest BCUT2D eigenvalue weighted by Gasteiger charge is -2.13. The summed E-state index contributed by atoms with van der Waals surface area (Å²) in [7, 11) is 0. The standard InChI is InChI=1S/C14H15N5O/c1-11(18-8-6-15-10-18)14(20)16-9-12-3-2-7-19-13(12)4-5-17-19/h2-8,10-11H,9H2,1H3,(H,16,20). The summed E-state index contributed by atoms with van der Waals surface area (Å²) < 4.78 is 3.57. The minimum atomic E-state index is -0.276. The van der Waals surface area contributed by atoms with E-state index in [1.54, 1.807) is 34.0 Å². The maximum atomic E-state index is 12.1. The highest BCUT2D eigenvalue weighted by atomic mass is 16.2. The van der Waals surface area contributed by atoms with Gasteiger partial charge in [-0.3, -0.25) is 4.79 Å². The summed E-state index contributed by atoms with van der Waals surface area (Å²) in [6, 6.07) is 5.56. The average molecular weight is 269 g/mol. The highest BCUT2D eigenvalue weighted by molar-refractivity contribution is 5.80. The normalized spacial score (nSPS) is 12.4. The summed E-state index contributed by atoms with van der Waals surface area (Å²) >= 11 is 0. The van der Waals surface area contributed by atoms with Crippen molar-refractivity contribution in [2.45, 2.75) is 19.5 Å². The molecule has 3 rings (SSSR count). The smallest absolute Gasteiger partial charge is 0.243 e. The van der Waals surface area contributed by atoms with E-state index in [-0.39, 0.29) is 11.9 Å². The summed E-state index contributed by atoms with van der Waals surface area (Å²) in [4.78, 5) is 16.1. The molecule has 1 amide bonds. The molecule has 0 spiro atoms. The first-order valence-electron chi connectivity index (χ1n) is 6.42. The van der Waals surface area contributed by atoms with E-state index >= 15 is 0 Å². The largest absolute Gasteiger partial charge is 0.350 e. The van der Waals surface area contributed by atoms with Crippen LogP contribution in [-0.4, -0.2) is 25.1 Å². The number of imidazole rings is 1. The van der Waals surface area contributed by atoms with Crippen molar-refractivity contribution in [1.29, 1.82) is 0 Å². The molecule has 6 nitrogen and oxygen atoms in total. The number of aromatic nitrogens is 4.